The first kappa shape index (κ1) is 11.0. The lowest BCUT2D eigenvalue weighted by Crippen LogP contribution is -2.29. The second-order valence-corrected chi connectivity index (χ2v) is 4.32. The first-order valence-electron chi connectivity index (χ1n) is 5.11. The molecule has 1 aromatic heterocycles. The molecule has 0 radical (unpaired) electrons. The fraction of sp³-hybridized carbons (Fsp3) is 0.364. The lowest BCUT2D eigenvalue weighted by Gasteiger charge is -2.14. The van der Waals surface area contributed by atoms with Gasteiger partial charge in [-0.15, -0.1) is 11.3 Å². The Labute approximate surface area is 97.9 Å². The number of carbonyl (C=O) groups excluding carboxylic acids is 1. The number of hydrogen-bond acceptors (Lipinski definition) is 4. The van der Waals surface area contributed by atoms with E-state index < -0.39 is 0 Å². The molecule has 0 bridgehead atoms. The summed E-state index contributed by atoms with van der Waals surface area (Å²) < 4.78 is 10.2. The maximum Gasteiger partial charge on any atom is 0.289 e. The standard InChI is InChI=1S/C11H13NO3S/c13-11(10-8-14-5-6-15-10)12-4-3-9-2-1-7-16-9/h1-2,7-8H,3-6H2,(H,12,13). The van der Waals surface area contributed by atoms with Gasteiger partial charge in [-0.3, -0.25) is 4.79 Å². The van der Waals surface area contributed by atoms with Crippen LogP contribution < -0.4 is 5.32 Å². The van der Waals surface area contributed by atoms with Gasteiger partial charge in [-0.2, -0.15) is 0 Å². The highest BCUT2D eigenvalue weighted by atomic mass is 32.1. The van der Waals surface area contributed by atoms with Gasteiger partial charge in [0, 0.05) is 11.4 Å². The number of nitrogens with one attached hydrogen (secondary N) is 1. The van der Waals surface area contributed by atoms with Crippen LogP contribution in [0.2, 0.25) is 0 Å². The summed E-state index contributed by atoms with van der Waals surface area (Å²) in [5, 5.41) is 4.81. The molecule has 1 aliphatic heterocycles. The van der Waals surface area contributed by atoms with Gasteiger partial charge in [-0.05, 0) is 17.9 Å². The number of ether oxygens (including phenoxy) is 2. The Morgan fingerprint density at radius 2 is 2.44 bits per heavy atom. The Hall–Kier alpha value is -1.49. The van der Waals surface area contributed by atoms with Crippen LogP contribution in [0.5, 0.6) is 0 Å². The molecule has 2 heterocycles. The predicted molar refractivity (Wildman–Crippen MR) is 61.0 cm³/mol. The summed E-state index contributed by atoms with van der Waals surface area (Å²) in [4.78, 5) is 12.8. The smallest absolute Gasteiger partial charge is 0.289 e. The van der Waals surface area contributed by atoms with E-state index in [4.69, 9.17) is 9.47 Å². The van der Waals surface area contributed by atoms with Crippen molar-refractivity contribution >= 4 is 17.2 Å². The van der Waals surface area contributed by atoms with Crippen LogP contribution in [0.15, 0.2) is 29.5 Å². The molecule has 1 N–H and O–H groups in total. The maximum absolute atomic E-state index is 11.5. The van der Waals surface area contributed by atoms with E-state index in [-0.39, 0.29) is 11.7 Å². The van der Waals surface area contributed by atoms with E-state index in [0.717, 1.165) is 6.42 Å². The molecule has 0 unspecified atom stereocenters. The molecule has 0 saturated carbocycles. The average molecular weight is 239 g/mol. The maximum atomic E-state index is 11.5. The van der Waals surface area contributed by atoms with Crippen molar-refractivity contribution in [2.75, 3.05) is 19.8 Å². The highest BCUT2D eigenvalue weighted by Crippen LogP contribution is 2.08. The predicted octanol–water partition coefficient (Wildman–Crippen LogP) is 1.29. The molecule has 1 aromatic rings. The Bertz CT molecular complexity index is 373. The van der Waals surface area contributed by atoms with Crippen LogP contribution in [0.4, 0.5) is 0 Å². The molecule has 1 aliphatic rings. The molecular formula is C11H13NO3S. The molecule has 4 nitrogen and oxygen atoms in total. The second kappa shape index (κ2) is 5.55. The molecule has 2 rings (SSSR count). The van der Waals surface area contributed by atoms with Gasteiger partial charge in [0.05, 0.1) is 0 Å². The van der Waals surface area contributed by atoms with Gasteiger partial charge >= 0.3 is 0 Å². The van der Waals surface area contributed by atoms with Crippen LogP contribution >= 0.6 is 11.3 Å². The lowest BCUT2D eigenvalue weighted by atomic mass is 10.3. The van der Waals surface area contributed by atoms with Crippen LogP contribution in [0.3, 0.4) is 0 Å². The Balaban J connectivity index is 1.73. The second-order valence-electron chi connectivity index (χ2n) is 3.29. The Morgan fingerprint density at radius 3 is 3.12 bits per heavy atom. The molecule has 0 saturated heterocycles. The van der Waals surface area contributed by atoms with E-state index in [2.05, 4.69) is 11.4 Å². The van der Waals surface area contributed by atoms with Crippen LogP contribution in [-0.2, 0) is 20.7 Å². The van der Waals surface area contributed by atoms with Crippen LogP contribution in [0, 0.1) is 0 Å². The topological polar surface area (TPSA) is 47.6 Å². The van der Waals surface area contributed by atoms with Crippen molar-refractivity contribution in [3.05, 3.63) is 34.4 Å². The normalized spacial score (nSPS) is 14.6. The third-order valence-corrected chi connectivity index (χ3v) is 3.05. The van der Waals surface area contributed by atoms with Crippen molar-refractivity contribution in [2.24, 2.45) is 0 Å². The summed E-state index contributed by atoms with van der Waals surface area (Å²) in [6, 6.07) is 4.05. The largest absolute Gasteiger partial charge is 0.494 e. The third kappa shape index (κ3) is 3.00. The van der Waals surface area contributed by atoms with Crippen molar-refractivity contribution < 1.29 is 14.3 Å². The van der Waals surface area contributed by atoms with Crippen LogP contribution in [-0.4, -0.2) is 25.7 Å². The van der Waals surface area contributed by atoms with Gasteiger partial charge in [0.2, 0.25) is 5.76 Å². The highest BCUT2D eigenvalue weighted by Gasteiger charge is 2.13. The highest BCUT2D eigenvalue weighted by molar-refractivity contribution is 7.09. The third-order valence-electron chi connectivity index (χ3n) is 2.11. The molecule has 0 spiro atoms. The number of rotatable bonds is 4. The molecule has 0 aromatic carbocycles. The fourth-order valence-electron chi connectivity index (χ4n) is 1.33. The summed E-state index contributed by atoms with van der Waals surface area (Å²) in [6.07, 6.45) is 2.21. The molecule has 5 heteroatoms. The van der Waals surface area contributed by atoms with Gasteiger partial charge in [0.1, 0.15) is 19.5 Å². The van der Waals surface area contributed by atoms with Crippen molar-refractivity contribution in [1.82, 2.24) is 5.32 Å². The van der Waals surface area contributed by atoms with E-state index in [1.807, 2.05) is 11.4 Å². The molecule has 0 fully saturated rings. The van der Waals surface area contributed by atoms with E-state index in [1.165, 1.54) is 11.1 Å². The van der Waals surface area contributed by atoms with Gasteiger partial charge in [0.25, 0.3) is 5.91 Å². The minimum absolute atomic E-state index is 0.212. The summed E-state index contributed by atoms with van der Waals surface area (Å²) >= 11 is 1.69. The molecule has 1 amide bonds. The monoisotopic (exact) mass is 239 g/mol. The van der Waals surface area contributed by atoms with Gasteiger partial charge in [-0.1, -0.05) is 6.07 Å². The summed E-state index contributed by atoms with van der Waals surface area (Å²) in [7, 11) is 0. The van der Waals surface area contributed by atoms with Crippen molar-refractivity contribution in [3.63, 3.8) is 0 Å². The number of thiophene rings is 1. The number of amides is 1. The summed E-state index contributed by atoms with van der Waals surface area (Å²) in [5.74, 6) is 0.0497. The van der Waals surface area contributed by atoms with Crippen LogP contribution in [0.1, 0.15) is 4.88 Å². The van der Waals surface area contributed by atoms with Crippen molar-refractivity contribution in [3.8, 4) is 0 Å². The van der Waals surface area contributed by atoms with Gasteiger partial charge in [-0.25, -0.2) is 0 Å². The van der Waals surface area contributed by atoms with E-state index >= 15 is 0 Å². The number of hydrogen-bond donors (Lipinski definition) is 1. The first-order chi connectivity index (χ1) is 7.86. The number of carbonyl (C=O) groups is 1. The van der Waals surface area contributed by atoms with Gasteiger partial charge < -0.3 is 14.8 Å². The quantitative estimate of drug-likeness (QED) is 0.861. The SMILES string of the molecule is O=C(NCCc1cccs1)C1=COCCO1. The Kier molecular flexibility index (Phi) is 3.82. The van der Waals surface area contributed by atoms with E-state index in [9.17, 15) is 4.79 Å². The zero-order valence-electron chi connectivity index (χ0n) is 8.77. The van der Waals surface area contributed by atoms with Crippen LogP contribution in [0.25, 0.3) is 0 Å². The van der Waals surface area contributed by atoms with Crippen molar-refractivity contribution in [2.45, 2.75) is 6.42 Å². The Morgan fingerprint density at radius 1 is 1.50 bits per heavy atom. The summed E-state index contributed by atoms with van der Waals surface area (Å²) in [6.45, 7) is 1.55. The molecule has 0 aliphatic carbocycles. The van der Waals surface area contributed by atoms with Gasteiger partial charge in [0.15, 0.2) is 0 Å². The average Bonchev–Trinajstić information content (AvgIpc) is 2.83. The lowest BCUT2D eigenvalue weighted by molar-refractivity contribution is -0.122. The zero-order chi connectivity index (χ0) is 11.2. The molecule has 0 atom stereocenters. The minimum atomic E-state index is -0.212. The molecule has 86 valence electrons. The summed E-state index contributed by atoms with van der Waals surface area (Å²) in [5.41, 5.74) is 0. The fourth-order valence-corrected chi connectivity index (χ4v) is 2.04. The zero-order valence-corrected chi connectivity index (χ0v) is 9.59. The van der Waals surface area contributed by atoms with E-state index in [0.29, 0.717) is 19.8 Å². The van der Waals surface area contributed by atoms with Crippen molar-refractivity contribution in [1.29, 1.82) is 0 Å². The van der Waals surface area contributed by atoms with E-state index in [1.54, 1.807) is 11.3 Å². The molecular weight excluding hydrogens is 226 g/mol. The first-order valence-corrected chi connectivity index (χ1v) is 5.99. The minimum Gasteiger partial charge on any atom is -0.494 e. The molecule has 16 heavy (non-hydrogen) atoms.